The number of hydrogen-bond donors (Lipinski definition) is 2. The van der Waals surface area contributed by atoms with Gasteiger partial charge in [-0.05, 0) is 89.9 Å². The molecule has 0 aromatic heterocycles. The lowest BCUT2D eigenvalue weighted by atomic mass is 10.0. The van der Waals surface area contributed by atoms with Crippen LogP contribution in [0.4, 0.5) is 0 Å². The number of allylic oxidation sites excluding steroid dienone is 18. The molecular formula is C64H107O11P. The minimum atomic E-state index is -4.78. The number of ether oxygens (including phenoxy) is 3. The smallest absolute Gasteiger partial charge is 0.462 e. The Labute approximate surface area is 463 Å². The molecule has 0 bridgehead atoms. The molecule has 3 unspecified atom stereocenters. The molecule has 0 saturated heterocycles. The van der Waals surface area contributed by atoms with Gasteiger partial charge in [0, 0.05) is 19.3 Å². The van der Waals surface area contributed by atoms with Crippen LogP contribution >= 0.6 is 7.82 Å². The van der Waals surface area contributed by atoms with Crippen molar-refractivity contribution in [2.24, 2.45) is 0 Å². The zero-order chi connectivity index (χ0) is 55.5. The van der Waals surface area contributed by atoms with Gasteiger partial charge in [0.25, 0.3) is 0 Å². The number of esters is 3. The number of rotatable bonds is 54. The molecular weight excluding hydrogens is 976 g/mol. The Morgan fingerprint density at radius 1 is 0.382 bits per heavy atom. The lowest BCUT2D eigenvalue weighted by Crippen LogP contribution is -2.30. The average molecular weight is 1080 g/mol. The number of carbonyl (C=O) groups is 3. The number of carbonyl (C=O) groups excluding carboxylic acids is 3. The van der Waals surface area contributed by atoms with Crippen LogP contribution in [0.25, 0.3) is 0 Å². The Kier molecular flexibility index (Phi) is 54.4. The van der Waals surface area contributed by atoms with Gasteiger partial charge in [-0.15, -0.1) is 0 Å². The number of hydrogen-bond acceptors (Lipinski definition) is 10. The third-order valence-corrected chi connectivity index (χ3v) is 13.2. The predicted molar refractivity (Wildman–Crippen MR) is 316 cm³/mol. The maximum Gasteiger partial charge on any atom is 0.472 e. The first-order valence-electron chi connectivity index (χ1n) is 29.8. The van der Waals surface area contributed by atoms with E-state index in [1.54, 1.807) is 0 Å². The van der Waals surface area contributed by atoms with Crippen molar-refractivity contribution in [1.82, 2.24) is 0 Å². The molecule has 0 aliphatic carbocycles. The summed E-state index contributed by atoms with van der Waals surface area (Å²) in [7, 11) is -4.78. The topological polar surface area (TPSA) is 155 Å². The van der Waals surface area contributed by atoms with Crippen molar-refractivity contribution < 1.29 is 52.2 Å². The molecule has 0 aromatic rings. The Morgan fingerprint density at radius 2 is 0.711 bits per heavy atom. The fourth-order valence-electron chi connectivity index (χ4n) is 7.75. The summed E-state index contributed by atoms with van der Waals surface area (Å²) in [4.78, 5) is 48.5. The van der Waals surface area contributed by atoms with Crippen LogP contribution in [0.15, 0.2) is 109 Å². The molecule has 0 rings (SSSR count). The maximum absolute atomic E-state index is 12.9. The summed E-state index contributed by atoms with van der Waals surface area (Å²) in [5.41, 5.74) is 0. The second-order valence-electron chi connectivity index (χ2n) is 19.4. The Bertz CT molecular complexity index is 1690. The van der Waals surface area contributed by atoms with Crippen molar-refractivity contribution in [2.45, 2.75) is 251 Å². The van der Waals surface area contributed by atoms with E-state index in [1.165, 1.54) is 83.5 Å². The van der Waals surface area contributed by atoms with Crippen molar-refractivity contribution >= 4 is 25.7 Å². The second kappa shape index (κ2) is 57.3. The molecule has 0 radical (unpaired) electrons. The molecule has 0 saturated carbocycles. The summed E-state index contributed by atoms with van der Waals surface area (Å²) in [6.07, 6.45) is 69.3. The van der Waals surface area contributed by atoms with E-state index < -0.39 is 57.8 Å². The molecule has 0 heterocycles. The van der Waals surface area contributed by atoms with Crippen LogP contribution in [0.3, 0.4) is 0 Å². The van der Waals surface area contributed by atoms with Crippen LogP contribution in [-0.2, 0) is 42.2 Å². The SMILES string of the molecule is CC/C=C\C/C=C\C/C=C\C/C=C\C/C=C\C/C=C\CCC(=O)OC(COC(=O)CCCCC/C=C\C/C=C\C/C=C\CC)COP(=O)(O)OCC(CO)OC(=O)CCCCCCCCCCCCCCCCCCC. The van der Waals surface area contributed by atoms with E-state index in [0.717, 1.165) is 89.9 Å². The molecule has 11 nitrogen and oxygen atoms in total. The molecule has 0 fully saturated rings. The molecule has 3 atom stereocenters. The highest BCUT2D eigenvalue weighted by Crippen LogP contribution is 2.43. The zero-order valence-corrected chi connectivity index (χ0v) is 48.8. The van der Waals surface area contributed by atoms with Crippen LogP contribution < -0.4 is 0 Å². The summed E-state index contributed by atoms with van der Waals surface area (Å²) in [5, 5.41) is 9.83. The van der Waals surface area contributed by atoms with Crippen LogP contribution in [0.1, 0.15) is 239 Å². The largest absolute Gasteiger partial charge is 0.472 e. The molecule has 0 aromatic carbocycles. The third kappa shape index (κ3) is 54.9. The van der Waals surface area contributed by atoms with Crippen LogP contribution in [-0.4, -0.2) is 66.5 Å². The van der Waals surface area contributed by atoms with Gasteiger partial charge in [0.2, 0.25) is 0 Å². The maximum atomic E-state index is 12.9. The summed E-state index contributed by atoms with van der Waals surface area (Å²) < 4.78 is 39.4. The lowest BCUT2D eigenvalue weighted by Gasteiger charge is -2.21. The van der Waals surface area contributed by atoms with E-state index in [1.807, 2.05) is 12.2 Å². The van der Waals surface area contributed by atoms with Gasteiger partial charge in [0.15, 0.2) is 6.10 Å². The molecule has 76 heavy (non-hydrogen) atoms. The van der Waals surface area contributed by atoms with E-state index in [-0.39, 0.29) is 25.9 Å². The molecule has 2 N–H and O–H groups in total. The summed E-state index contributed by atoms with van der Waals surface area (Å²) in [6, 6.07) is 0. The lowest BCUT2D eigenvalue weighted by molar-refractivity contribution is -0.161. The summed E-state index contributed by atoms with van der Waals surface area (Å²) in [5.74, 6) is -1.61. The summed E-state index contributed by atoms with van der Waals surface area (Å²) >= 11 is 0. The van der Waals surface area contributed by atoms with Gasteiger partial charge >= 0.3 is 25.7 Å². The Balaban J connectivity index is 4.81. The Hall–Kier alpha value is -3.86. The zero-order valence-electron chi connectivity index (χ0n) is 47.9. The van der Waals surface area contributed by atoms with Gasteiger partial charge in [0.1, 0.15) is 12.7 Å². The first-order chi connectivity index (χ1) is 37.2. The molecule has 434 valence electrons. The summed E-state index contributed by atoms with van der Waals surface area (Å²) in [6.45, 7) is 4.31. The number of aliphatic hydroxyl groups is 1. The minimum Gasteiger partial charge on any atom is -0.462 e. The van der Waals surface area contributed by atoms with E-state index in [4.69, 9.17) is 23.3 Å². The third-order valence-electron chi connectivity index (χ3n) is 12.2. The van der Waals surface area contributed by atoms with Crippen LogP contribution in [0.5, 0.6) is 0 Å². The number of phosphoric ester groups is 1. The monoisotopic (exact) mass is 1080 g/mol. The molecule has 0 aliphatic rings. The van der Waals surface area contributed by atoms with E-state index in [2.05, 4.69) is 118 Å². The van der Waals surface area contributed by atoms with Gasteiger partial charge in [-0.3, -0.25) is 23.4 Å². The van der Waals surface area contributed by atoms with E-state index in [0.29, 0.717) is 25.7 Å². The molecule has 0 amide bonds. The van der Waals surface area contributed by atoms with Crippen molar-refractivity contribution in [1.29, 1.82) is 0 Å². The molecule has 0 spiro atoms. The highest BCUT2D eigenvalue weighted by atomic mass is 31.2. The van der Waals surface area contributed by atoms with Crippen molar-refractivity contribution in [2.75, 3.05) is 26.4 Å². The van der Waals surface area contributed by atoms with Gasteiger partial charge in [-0.1, -0.05) is 239 Å². The Morgan fingerprint density at radius 3 is 1.13 bits per heavy atom. The van der Waals surface area contributed by atoms with Crippen LogP contribution in [0.2, 0.25) is 0 Å². The molecule has 0 aliphatic heterocycles. The number of aliphatic hydroxyl groups excluding tert-OH is 1. The first-order valence-corrected chi connectivity index (χ1v) is 31.3. The van der Waals surface area contributed by atoms with Crippen molar-refractivity contribution in [3.63, 3.8) is 0 Å². The van der Waals surface area contributed by atoms with Crippen molar-refractivity contribution in [3.05, 3.63) is 109 Å². The average Bonchev–Trinajstić information content (AvgIpc) is 3.41. The second-order valence-corrected chi connectivity index (χ2v) is 20.9. The standard InChI is InChI=1S/C64H107O11P/c1-4-7-10-13-16-19-22-25-27-29-30-32-34-37-40-43-46-49-52-55-64(68)75-61(57-71-62(66)53-50-47-44-41-38-35-24-21-18-15-12-9-6-3)59-73-76(69,70)72-58-60(56-65)74-63(67)54-51-48-45-42-39-36-33-31-28-26-23-20-17-14-11-8-5-2/h7,9-10,12,16,18-19,21,25,27,30,32,35,37-38,40,46,49,60-61,65H,4-6,8,11,13-15,17,20,22-24,26,28-29,31,33-34,36,39,41-45,47-48,50-59H2,1-3H3,(H,69,70)/b10-7-,12-9-,19-16-,21-18-,27-25-,32-30-,38-35-,40-37-,49-46-. The highest BCUT2D eigenvalue weighted by molar-refractivity contribution is 7.47. The van der Waals surface area contributed by atoms with E-state index >= 15 is 0 Å². The first kappa shape index (κ1) is 72.1. The van der Waals surface area contributed by atoms with Gasteiger partial charge < -0.3 is 24.2 Å². The fourth-order valence-corrected chi connectivity index (χ4v) is 8.53. The van der Waals surface area contributed by atoms with Crippen LogP contribution in [0, 0.1) is 0 Å². The van der Waals surface area contributed by atoms with Gasteiger partial charge in [-0.25, -0.2) is 4.57 Å². The minimum absolute atomic E-state index is 0.0317. The predicted octanol–water partition coefficient (Wildman–Crippen LogP) is 17.8. The fraction of sp³-hybridized carbons (Fsp3) is 0.672. The quantitative estimate of drug-likeness (QED) is 0.0197. The van der Waals surface area contributed by atoms with E-state index in [9.17, 15) is 28.9 Å². The van der Waals surface area contributed by atoms with Gasteiger partial charge in [-0.2, -0.15) is 0 Å². The highest BCUT2D eigenvalue weighted by Gasteiger charge is 2.28. The normalized spacial score (nSPS) is 14.1. The number of phosphoric acid groups is 1. The van der Waals surface area contributed by atoms with Crippen molar-refractivity contribution in [3.8, 4) is 0 Å². The number of unbranched alkanes of at least 4 members (excludes halogenated alkanes) is 19. The van der Waals surface area contributed by atoms with Gasteiger partial charge in [0.05, 0.1) is 19.8 Å². The molecule has 12 heteroatoms.